The molecule has 0 aliphatic heterocycles. The van der Waals surface area contributed by atoms with Crippen molar-refractivity contribution in [3.63, 3.8) is 0 Å². The van der Waals surface area contributed by atoms with E-state index in [-0.39, 0.29) is 0 Å². The summed E-state index contributed by atoms with van der Waals surface area (Å²) >= 11 is 0. The maximum Gasteiger partial charge on any atom is 0.168 e. The highest BCUT2D eigenvalue weighted by Crippen LogP contribution is 2.44. The lowest BCUT2D eigenvalue weighted by molar-refractivity contribution is 0.0899. The second kappa shape index (κ2) is 9.88. The summed E-state index contributed by atoms with van der Waals surface area (Å²) in [4.78, 5) is 9.36. The Morgan fingerprint density at radius 1 is 0.939 bits per heavy atom. The van der Waals surface area contributed by atoms with E-state index in [1.54, 1.807) is 6.33 Å². The van der Waals surface area contributed by atoms with Crippen LogP contribution in [-0.2, 0) is 11.5 Å². The van der Waals surface area contributed by atoms with Gasteiger partial charge in [-0.3, -0.25) is 0 Å². The van der Waals surface area contributed by atoms with Gasteiger partial charge in [0.1, 0.15) is 18.7 Å². The molecule has 0 aliphatic rings. The first-order chi connectivity index (χ1) is 15.4. The number of aryl methyl sites for hydroxylation is 1. The van der Waals surface area contributed by atoms with Crippen LogP contribution in [0.1, 0.15) is 47.1 Å². The molecule has 3 heterocycles. The van der Waals surface area contributed by atoms with Crippen LogP contribution in [0.3, 0.4) is 0 Å². The van der Waals surface area contributed by atoms with Crippen molar-refractivity contribution >= 4 is 27.3 Å². The molecule has 0 aromatic carbocycles. The standard InChI is InChI=1S/C26H44N4OSi2/c1-19(2)33(20(3)4,21(5)6)30-15-22(7)24(16-30)25-23-11-12-29(26(23)28-17-27-25)18-31-13-14-32(8,9)10/h11-12,15-17,19-21H,13-14,18H2,1-10H3. The largest absolute Gasteiger partial charge is 0.379 e. The minimum absolute atomic E-state index is 0.536. The zero-order chi connectivity index (χ0) is 24.6. The molecule has 33 heavy (non-hydrogen) atoms. The van der Waals surface area contributed by atoms with Crippen LogP contribution in [0.25, 0.3) is 22.3 Å². The maximum absolute atomic E-state index is 6.00. The van der Waals surface area contributed by atoms with Crippen molar-refractivity contribution < 1.29 is 4.74 Å². The SMILES string of the molecule is Cc1cn([Si](C(C)C)(C(C)C)C(C)C)cc1-c1ncnc2c1ccn2COCC[Si](C)(C)C. The van der Waals surface area contributed by atoms with Gasteiger partial charge < -0.3 is 13.5 Å². The Hall–Kier alpha value is -1.71. The molecule has 0 fully saturated rings. The number of rotatable bonds is 10. The molecule has 0 spiro atoms. The van der Waals surface area contributed by atoms with Gasteiger partial charge in [-0.05, 0) is 47.4 Å². The Kier molecular flexibility index (Phi) is 7.76. The molecule has 3 aromatic rings. The van der Waals surface area contributed by atoms with Crippen molar-refractivity contribution in [2.45, 2.75) is 97.5 Å². The smallest absolute Gasteiger partial charge is 0.168 e. The van der Waals surface area contributed by atoms with Gasteiger partial charge in [0.15, 0.2) is 8.24 Å². The first kappa shape index (κ1) is 25.9. The Bertz CT molecular complexity index is 1050. The molecule has 5 nitrogen and oxygen atoms in total. The van der Waals surface area contributed by atoms with E-state index in [0.29, 0.717) is 23.4 Å². The zero-order valence-corrected chi connectivity index (χ0v) is 24.4. The highest BCUT2D eigenvalue weighted by Gasteiger charge is 2.45. The lowest BCUT2D eigenvalue weighted by Gasteiger charge is -2.44. The topological polar surface area (TPSA) is 44.9 Å². The van der Waals surface area contributed by atoms with Crippen LogP contribution in [-0.4, -0.2) is 41.7 Å². The van der Waals surface area contributed by atoms with E-state index in [1.807, 2.05) is 0 Å². The van der Waals surface area contributed by atoms with Gasteiger partial charge in [-0.1, -0.05) is 61.2 Å². The molecule has 3 rings (SSSR count). The van der Waals surface area contributed by atoms with E-state index >= 15 is 0 Å². The molecule has 0 amide bonds. The number of nitrogens with zero attached hydrogens (tertiary/aromatic N) is 4. The lowest BCUT2D eigenvalue weighted by atomic mass is 10.1. The van der Waals surface area contributed by atoms with Crippen molar-refractivity contribution in [1.82, 2.24) is 18.8 Å². The predicted molar refractivity (Wildman–Crippen MR) is 146 cm³/mol. The van der Waals surface area contributed by atoms with Gasteiger partial charge in [0.05, 0.1) is 5.69 Å². The number of fused-ring (bicyclic) bond motifs is 1. The summed E-state index contributed by atoms with van der Waals surface area (Å²) in [6, 6.07) is 3.31. The summed E-state index contributed by atoms with van der Waals surface area (Å²) in [5.74, 6) is 0. The normalized spacial score (nSPS) is 13.2. The maximum atomic E-state index is 6.00. The summed E-state index contributed by atoms with van der Waals surface area (Å²) in [6.45, 7) is 25.2. The van der Waals surface area contributed by atoms with Crippen LogP contribution in [0.4, 0.5) is 0 Å². The van der Waals surface area contributed by atoms with Crippen LogP contribution in [0.2, 0.25) is 42.3 Å². The highest BCUT2D eigenvalue weighted by atomic mass is 28.3. The highest BCUT2D eigenvalue weighted by molar-refractivity contribution is 6.82. The molecular weight excluding hydrogens is 440 g/mol. The first-order valence-electron chi connectivity index (χ1n) is 12.5. The average molecular weight is 485 g/mol. The molecular formula is C26H44N4OSi2. The van der Waals surface area contributed by atoms with E-state index in [2.05, 4.69) is 107 Å². The molecule has 0 radical (unpaired) electrons. The molecule has 7 heteroatoms. The summed E-state index contributed by atoms with van der Waals surface area (Å²) in [7, 11) is -2.88. The van der Waals surface area contributed by atoms with Gasteiger partial charge in [0.2, 0.25) is 0 Å². The van der Waals surface area contributed by atoms with E-state index in [0.717, 1.165) is 23.3 Å². The van der Waals surface area contributed by atoms with Crippen molar-refractivity contribution in [3.8, 4) is 11.3 Å². The summed E-state index contributed by atoms with van der Waals surface area (Å²) in [5.41, 5.74) is 6.42. The second-order valence-electron chi connectivity index (χ2n) is 11.7. The van der Waals surface area contributed by atoms with Gasteiger partial charge in [0, 0.05) is 38.0 Å². The van der Waals surface area contributed by atoms with E-state index < -0.39 is 16.3 Å². The van der Waals surface area contributed by atoms with Crippen LogP contribution in [0.15, 0.2) is 31.0 Å². The Labute approximate surface area is 202 Å². The monoisotopic (exact) mass is 484 g/mol. The Morgan fingerprint density at radius 3 is 2.15 bits per heavy atom. The quantitative estimate of drug-likeness (QED) is 0.220. The predicted octanol–water partition coefficient (Wildman–Crippen LogP) is 7.54. The first-order valence-corrected chi connectivity index (χ1v) is 18.3. The van der Waals surface area contributed by atoms with Gasteiger partial charge in [-0.15, -0.1) is 0 Å². The minimum atomic E-state index is -1.80. The van der Waals surface area contributed by atoms with Crippen LogP contribution >= 0.6 is 0 Å². The third kappa shape index (κ3) is 5.05. The fraction of sp³-hybridized carbons (Fsp3) is 0.615. The molecule has 0 atom stereocenters. The summed E-state index contributed by atoms with van der Waals surface area (Å²) in [5, 5.41) is 1.10. The van der Waals surface area contributed by atoms with Crippen molar-refractivity contribution in [3.05, 3.63) is 36.5 Å². The Morgan fingerprint density at radius 2 is 1.58 bits per heavy atom. The van der Waals surface area contributed by atoms with Crippen LogP contribution < -0.4 is 0 Å². The molecule has 0 aliphatic carbocycles. The van der Waals surface area contributed by atoms with Gasteiger partial charge >= 0.3 is 0 Å². The molecule has 0 saturated heterocycles. The lowest BCUT2D eigenvalue weighted by Crippen LogP contribution is -2.51. The molecule has 3 aromatic heterocycles. The molecule has 0 unspecified atom stereocenters. The third-order valence-electron chi connectivity index (χ3n) is 7.29. The summed E-state index contributed by atoms with van der Waals surface area (Å²) in [6.07, 6.45) is 8.54. The fourth-order valence-corrected chi connectivity index (χ4v) is 13.1. The van der Waals surface area contributed by atoms with Gasteiger partial charge in [-0.25, -0.2) is 9.97 Å². The van der Waals surface area contributed by atoms with Crippen LogP contribution in [0.5, 0.6) is 0 Å². The second-order valence-corrected chi connectivity index (χ2v) is 23.1. The minimum Gasteiger partial charge on any atom is -0.379 e. The summed E-state index contributed by atoms with van der Waals surface area (Å²) < 4.78 is 10.7. The molecule has 0 saturated carbocycles. The fourth-order valence-electron chi connectivity index (χ4n) is 5.79. The zero-order valence-electron chi connectivity index (χ0n) is 22.4. The number of hydrogen-bond donors (Lipinski definition) is 0. The van der Waals surface area contributed by atoms with Crippen LogP contribution in [0, 0.1) is 6.92 Å². The molecule has 0 N–H and O–H groups in total. The van der Waals surface area contributed by atoms with E-state index in [9.17, 15) is 0 Å². The number of ether oxygens (including phenoxy) is 1. The van der Waals surface area contributed by atoms with Crippen molar-refractivity contribution in [1.29, 1.82) is 0 Å². The average Bonchev–Trinajstić information content (AvgIpc) is 3.28. The molecule has 182 valence electrons. The number of hydrogen-bond acceptors (Lipinski definition) is 3. The Balaban J connectivity index is 1.98. The van der Waals surface area contributed by atoms with E-state index in [1.165, 1.54) is 17.2 Å². The van der Waals surface area contributed by atoms with Gasteiger partial charge in [0.25, 0.3) is 0 Å². The third-order valence-corrected chi connectivity index (χ3v) is 15.7. The number of aromatic nitrogens is 4. The van der Waals surface area contributed by atoms with E-state index in [4.69, 9.17) is 9.72 Å². The molecule has 0 bridgehead atoms. The van der Waals surface area contributed by atoms with Crippen molar-refractivity contribution in [2.75, 3.05) is 6.61 Å². The van der Waals surface area contributed by atoms with Crippen molar-refractivity contribution in [2.24, 2.45) is 0 Å². The van der Waals surface area contributed by atoms with Gasteiger partial charge in [-0.2, -0.15) is 0 Å².